The van der Waals surface area contributed by atoms with E-state index in [9.17, 15) is 9.59 Å². The van der Waals surface area contributed by atoms with Gasteiger partial charge in [0, 0.05) is 13.1 Å². The zero-order chi connectivity index (χ0) is 21.8. The van der Waals surface area contributed by atoms with Crippen molar-refractivity contribution in [2.45, 2.75) is 51.2 Å². The van der Waals surface area contributed by atoms with Gasteiger partial charge in [0.2, 0.25) is 0 Å². The van der Waals surface area contributed by atoms with Crippen LogP contribution in [0.3, 0.4) is 0 Å². The molecule has 1 aromatic heterocycles. The zero-order valence-corrected chi connectivity index (χ0v) is 18.0. The molecule has 0 fully saturated rings. The molecule has 0 radical (unpaired) electrons. The van der Waals surface area contributed by atoms with E-state index in [2.05, 4.69) is 33.7 Å². The second-order valence-corrected chi connectivity index (χ2v) is 7.18. The Morgan fingerprint density at radius 3 is 2.33 bits per heavy atom. The van der Waals surface area contributed by atoms with Crippen molar-refractivity contribution in [1.82, 2.24) is 13.6 Å². The number of ether oxygens (including phenoxy) is 1. The average molecular weight is 450 g/mol. The van der Waals surface area contributed by atoms with E-state index in [1.807, 2.05) is 0 Å². The molecule has 0 bridgehead atoms. The van der Waals surface area contributed by atoms with E-state index in [1.165, 1.54) is 36.6 Å². The Morgan fingerprint density at radius 2 is 1.80 bits per heavy atom. The Labute approximate surface area is 179 Å². The molecule has 1 aliphatic rings. The van der Waals surface area contributed by atoms with Crippen LogP contribution in [0, 0.1) is 0 Å². The predicted molar refractivity (Wildman–Crippen MR) is 111 cm³/mol. The summed E-state index contributed by atoms with van der Waals surface area (Å²) >= 11 is 1.25. The molecule has 12 heteroatoms. The number of unbranched alkanes of at least 4 members (excludes halogenated alkanes) is 3. The Morgan fingerprint density at radius 1 is 1.17 bits per heavy atom. The number of carboxylic acid groups (broad SMARTS) is 2. The first kappa shape index (κ1) is 27.9. The molecule has 0 saturated carbocycles. The number of aromatic nitrogens is 2. The van der Waals surface area contributed by atoms with Gasteiger partial charge in [-0.25, -0.2) is 9.59 Å². The number of rotatable bonds is 10. The Kier molecular flexibility index (Phi) is 13.8. The van der Waals surface area contributed by atoms with Gasteiger partial charge in [-0.05, 0) is 25.5 Å². The van der Waals surface area contributed by atoms with E-state index in [-0.39, 0.29) is 5.48 Å². The standard InChI is InChI=1S/C14H23N3OS.C4H6O6.H2O/c1-3-4-5-6-10-18-14-13(15-19-16-14)12-8-7-9-17(2)11-12;5-1(3(7)8)2(6)4(9)10;/h8H,3-7,9-11H2,1-2H3;1-2,5-6H,(H,7,8)(H,9,10);1H2/t;1-,2-;/m.1./s1. The Hall–Kier alpha value is -2.12. The molecule has 2 rings (SSSR count). The first-order valence-corrected chi connectivity index (χ1v) is 10.2. The molecule has 1 aliphatic heterocycles. The summed E-state index contributed by atoms with van der Waals surface area (Å²) in [7, 11) is 2.14. The van der Waals surface area contributed by atoms with Crippen molar-refractivity contribution in [3.05, 3.63) is 11.8 Å². The summed E-state index contributed by atoms with van der Waals surface area (Å²) in [6.07, 6.45) is 3.68. The highest BCUT2D eigenvalue weighted by Crippen LogP contribution is 2.27. The molecule has 2 heterocycles. The lowest BCUT2D eigenvalue weighted by atomic mass is 10.1. The van der Waals surface area contributed by atoms with Gasteiger partial charge in [0.05, 0.1) is 18.3 Å². The number of carbonyl (C=O) groups is 2. The molecule has 0 aliphatic carbocycles. The first-order valence-electron chi connectivity index (χ1n) is 9.42. The summed E-state index contributed by atoms with van der Waals surface area (Å²) in [6.45, 7) is 5.03. The highest BCUT2D eigenvalue weighted by atomic mass is 32.1. The predicted octanol–water partition coefficient (Wildman–Crippen LogP) is 0.269. The SMILES string of the molecule is CCCCCCOc1nsnc1C1=CCCN(C)C1.O.O=C(O)[C@H](O)[C@@H](O)C(=O)O. The van der Waals surface area contributed by atoms with Crippen LogP contribution in [-0.4, -0.2) is 90.4 Å². The van der Waals surface area contributed by atoms with Crippen LogP contribution in [0.4, 0.5) is 0 Å². The zero-order valence-electron chi connectivity index (χ0n) is 17.2. The van der Waals surface area contributed by atoms with E-state index in [0.717, 1.165) is 44.1 Å². The van der Waals surface area contributed by atoms with E-state index in [0.29, 0.717) is 0 Å². The normalized spacial score (nSPS) is 15.7. The van der Waals surface area contributed by atoms with Gasteiger partial charge in [0.15, 0.2) is 12.2 Å². The van der Waals surface area contributed by atoms with Crippen LogP contribution in [0.5, 0.6) is 5.88 Å². The fraction of sp³-hybridized carbons (Fsp3) is 0.667. The highest BCUT2D eigenvalue weighted by molar-refractivity contribution is 6.99. The third kappa shape index (κ3) is 9.59. The molecule has 0 saturated heterocycles. The summed E-state index contributed by atoms with van der Waals surface area (Å²) in [4.78, 5) is 21.8. The molecule has 30 heavy (non-hydrogen) atoms. The van der Waals surface area contributed by atoms with Gasteiger partial charge in [0.25, 0.3) is 5.88 Å². The van der Waals surface area contributed by atoms with Crippen molar-refractivity contribution >= 4 is 29.2 Å². The number of hydrogen-bond acceptors (Lipinski definition) is 9. The van der Waals surface area contributed by atoms with Crippen LogP contribution >= 0.6 is 11.7 Å². The lowest BCUT2D eigenvalue weighted by Crippen LogP contribution is -2.39. The second kappa shape index (κ2) is 14.8. The largest absolute Gasteiger partial charge is 0.479 e. The lowest BCUT2D eigenvalue weighted by Gasteiger charge is -2.22. The van der Waals surface area contributed by atoms with Crippen molar-refractivity contribution in [1.29, 1.82) is 0 Å². The molecule has 0 spiro atoms. The van der Waals surface area contributed by atoms with Gasteiger partial charge in [-0.1, -0.05) is 32.3 Å². The number of aliphatic carboxylic acids is 2. The number of likely N-dealkylation sites (N-methyl/N-ethyl adjacent to an activating group) is 1. The maximum Gasteiger partial charge on any atom is 0.335 e. The minimum atomic E-state index is -2.27. The second-order valence-electron chi connectivity index (χ2n) is 6.65. The Balaban J connectivity index is 0.000000658. The number of carboxylic acids is 2. The number of aliphatic hydroxyl groups is 2. The van der Waals surface area contributed by atoms with E-state index in [4.69, 9.17) is 25.2 Å². The number of nitrogens with zero attached hydrogens (tertiary/aromatic N) is 3. The molecule has 2 atom stereocenters. The van der Waals surface area contributed by atoms with Crippen LogP contribution in [0.25, 0.3) is 5.57 Å². The molecule has 0 amide bonds. The van der Waals surface area contributed by atoms with E-state index >= 15 is 0 Å². The summed E-state index contributed by atoms with van der Waals surface area (Å²) < 4.78 is 14.5. The molecule has 172 valence electrons. The lowest BCUT2D eigenvalue weighted by molar-refractivity contribution is -0.165. The van der Waals surface area contributed by atoms with E-state index < -0.39 is 24.1 Å². The van der Waals surface area contributed by atoms with Gasteiger partial charge < -0.3 is 35.5 Å². The van der Waals surface area contributed by atoms with E-state index in [1.54, 1.807) is 0 Å². The molecule has 1 aromatic rings. The summed E-state index contributed by atoms with van der Waals surface area (Å²) in [6, 6.07) is 0. The molecular formula is C18H31N3O8S. The first-order chi connectivity index (χ1) is 13.8. The van der Waals surface area contributed by atoms with Crippen molar-refractivity contribution in [2.75, 3.05) is 26.7 Å². The third-order valence-corrected chi connectivity index (χ3v) is 4.66. The third-order valence-electron chi connectivity index (χ3n) is 4.15. The molecule has 0 aromatic carbocycles. The molecule has 6 N–H and O–H groups in total. The van der Waals surface area contributed by atoms with Crippen LogP contribution in [0.1, 0.15) is 44.7 Å². The van der Waals surface area contributed by atoms with Crippen molar-refractivity contribution < 1.29 is 40.2 Å². The smallest absolute Gasteiger partial charge is 0.335 e. The fourth-order valence-corrected chi connectivity index (χ4v) is 3.04. The van der Waals surface area contributed by atoms with Crippen molar-refractivity contribution in [2.24, 2.45) is 0 Å². The minimum Gasteiger partial charge on any atom is -0.479 e. The quantitative estimate of drug-likeness (QED) is 0.361. The summed E-state index contributed by atoms with van der Waals surface area (Å²) in [5, 5.41) is 32.5. The summed E-state index contributed by atoms with van der Waals surface area (Å²) in [5.41, 5.74) is 2.21. The maximum atomic E-state index is 9.77. The van der Waals surface area contributed by atoms with Crippen LogP contribution < -0.4 is 4.74 Å². The summed E-state index contributed by atoms with van der Waals surface area (Å²) in [5.74, 6) is -2.81. The van der Waals surface area contributed by atoms with Crippen LogP contribution in [0.15, 0.2) is 6.08 Å². The Bertz CT molecular complexity index is 664. The van der Waals surface area contributed by atoms with Crippen LogP contribution in [-0.2, 0) is 9.59 Å². The van der Waals surface area contributed by atoms with Crippen molar-refractivity contribution in [3.63, 3.8) is 0 Å². The molecular weight excluding hydrogens is 418 g/mol. The topological polar surface area (TPSA) is 185 Å². The monoisotopic (exact) mass is 449 g/mol. The van der Waals surface area contributed by atoms with Gasteiger partial charge in [0.1, 0.15) is 5.69 Å². The van der Waals surface area contributed by atoms with Gasteiger partial charge in [-0.2, -0.15) is 4.37 Å². The van der Waals surface area contributed by atoms with Gasteiger partial charge in [-0.15, -0.1) is 4.37 Å². The molecule has 11 nitrogen and oxygen atoms in total. The number of aliphatic hydroxyl groups excluding tert-OH is 2. The number of hydrogen-bond donors (Lipinski definition) is 4. The van der Waals surface area contributed by atoms with Gasteiger partial charge in [-0.3, -0.25) is 0 Å². The average Bonchev–Trinajstić information content (AvgIpc) is 3.15. The molecule has 0 unspecified atom stereocenters. The van der Waals surface area contributed by atoms with Crippen LogP contribution in [0.2, 0.25) is 0 Å². The fourth-order valence-electron chi connectivity index (χ4n) is 2.50. The van der Waals surface area contributed by atoms with Gasteiger partial charge >= 0.3 is 11.9 Å². The highest BCUT2D eigenvalue weighted by Gasteiger charge is 2.29. The maximum absolute atomic E-state index is 9.77. The van der Waals surface area contributed by atoms with Crippen molar-refractivity contribution in [3.8, 4) is 5.88 Å². The minimum absolute atomic E-state index is 0.